The first-order valence-corrected chi connectivity index (χ1v) is 8.38. The van der Waals surface area contributed by atoms with E-state index in [1.165, 1.54) is 16.7 Å². The van der Waals surface area contributed by atoms with Crippen LogP contribution in [0.1, 0.15) is 56.6 Å². The topological polar surface area (TPSA) is 40.5 Å². The molecule has 112 valence electrons. The minimum atomic E-state index is -0.109. The Kier molecular flexibility index (Phi) is 2.94. The van der Waals surface area contributed by atoms with E-state index in [1.807, 2.05) is 12.1 Å². The van der Waals surface area contributed by atoms with Crippen LogP contribution in [-0.2, 0) is 6.42 Å². The van der Waals surface area contributed by atoms with Gasteiger partial charge in [-0.25, -0.2) is 0 Å². The molecule has 0 heterocycles. The van der Waals surface area contributed by atoms with Crippen molar-refractivity contribution in [2.24, 2.45) is 11.3 Å². The Morgan fingerprint density at radius 1 is 1.19 bits per heavy atom. The number of aliphatic hydroxyl groups is 1. The summed E-state index contributed by atoms with van der Waals surface area (Å²) in [7, 11) is 0. The molecule has 1 fully saturated rings. The molecule has 2 nitrogen and oxygen atoms in total. The highest BCUT2D eigenvalue weighted by molar-refractivity contribution is 5.75. The van der Waals surface area contributed by atoms with Gasteiger partial charge in [0.15, 0.2) is 0 Å². The van der Waals surface area contributed by atoms with Crippen LogP contribution in [0.5, 0.6) is 5.75 Å². The second kappa shape index (κ2) is 4.61. The molecule has 4 rings (SSSR count). The van der Waals surface area contributed by atoms with Gasteiger partial charge >= 0.3 is 0 Å². The van der Waals surface area contributed by atoms with Gasteiger partial charge in [0.25, 0.3) is 0 Å². The first kappa shape index (κ1) is 13.4. The summed E-state index contributed by atoms with van der Waals surface area (Å²) in [5.41, 5.74) is 5.96. The molecule has 2 heteroatoms. The average Bonchev–Trinajstić information content (AvgIpc) is 2.84. The van der Waals surface area contributed by atoms with Gasteiger partial charge in [-0.1, -0.05) is 18.6 Å². The van der Waals surface area contributed by atoms with Crippen molar-refractivity contribution in [1.82, 2.24) is 0 Å². The van der Waals surface area contributed by atoms with Gasteiger partial charge in [-0.2, -0.15) is 0 Å². The fourth-order valence-corrected chi connectivity index (χ4v) is 5.36. The minimum absolute atomic E-state index is 0.109. The molecule has 3 aliphatic carbocycles. The number of aryl methyl sites for hydroxylation is 1. The Labute approximate surface area is 126 Å². The van der Waals surface area contributed by atoms with E-state index in [1.54, 1.807) is 5.57 Å². The highest BCUT2D eigenvalue weighted by Gasteiger charge is 2.52. The molecule has 0 radical (unpaired) electrons. The summed E-state index contributed by atoms with van der Waals surface area (Å²) in [6.07, 6.45) is 7.47. The third kappa shape index (κ3) is 1.75. The van der Waals surface area contributed by atoms with E-state index in [9.17, 15) is 10.2 Å². The average molecular weight is 284 g/mol. The quantitative estimate of drug-likeness (QED) is 0.816. The summed E-state index contributed by atoms with van der Waals surface area (Å²) < 4.78 is 0. The van der Waals surface area contributed by atoms with Gasteiger partial charge in [-0.3, -0.25) is 0 Å². The largest absolute Gasteiger partial charge is 0.508 e. The van der Waals surface area contributed by atoms with Crippen molar-refractivity contribution in [3.8, 4) is 5.75 Å². The zero-order valence-corrected chi connectivity index (χ0v) is 12.7. The van der Waals surface area contributed by atoms with Gasteiger partial charge in [-0.15, -0.1) is 0 Å². The SMILES string of the molecule is CC[C@]12CCC3=C(CCc4cc(O)ccc43)[C@@H]1CC[C@@H]2O. The lowest BCUT2D eigenvalue weighted by atomic mass is 9.60. The van der Waals surface area contributed by atoms with E-state index in [-0.39, 0.29) is 11.5 Å². The van der Waals surface area contributed by atoms with Crippen molar-refractivity contribution in [1.29, 1.82) is 0 Å². The molecule has 2 N–H and O–H groups in total. The highest BCUT2D eigenvalue weighted by Crippen LogP contribution is 2.59. The molecule has 0 amide bonds. The normalized spacial score (nSPS) is 34.4. The van der Waals surface area contributed by atoms with E-state index in [0.29, 0.717) is 11.7 Å². The lowest BCUT2D eigenvalue weighted by Gasteiger charge is -2.45. The Morgan fingerprint density at radius 3 is 2.86 bits per heavy atom. The van der Waals surface area contributed by atoms with Crippen LogP contribution in [0.15, 0.2) is 23.8 Å². The molecule has 3 aliphatic rings. The van der Waals surface area contributed by atoms with Crippen LogP contribution in [0.4, 0.5) is 0 Å². The van der Waals surface area contributed by atoms with Crippen molar-refractivity contribution in [3.63, 3.8) is 0 Å². The molecule has 0 bridgehead atoms. The van der Waals surface area contributed by atoms with Crippen LogP contribution >= 0.6 is 0 Å². The maximum absolute atomic E-state index is 10.5. The smallest absolute Gasteiger partial charge is 0.115 e. The number of aromatic hydroxyl groups is 1. The fourth-order valence-electron chi connectivity index (χ4n) is 5.36. The van der Waals surface area contributed by atoms with E-state index in [4.69, 9.17) is 0 Å². The minimum Gasteiger partial charge on any atom is -0.508 e. The number of hydrogen-bond acceptors (Lipinski definition) is 2. The number of allylic oxidation sites excluding steroid dienone is 2. The van der Waals surface area contributed by atoms with E-state index in [2.05, 4.69) is 13.0 Å². The zero-order chi connectivity index (χ0) is 14.6. The number of rotatable bonds is 1. The second-order valence-electron chi connectivity index (χ2n) is 7.08. The fraction of sp³-hybridized carbons (Fsp3) is 0.579. The maximum Gasteiger partial charge on any atom is 0.115 e. The number of fused-ring (bicyclic) bond motifs is 4. The summed E-state index contributed by atoms with van der Waals surface area (Å²) in [6.45, 7) is 2.25. The van der Waals surface area contributed by atoms with Crippen molar-refractivity contribution >= 4 is 5.57 Å². The van der Waals surface area contributed by atoms with Gasteiger partial charge in [0.1, 0.15) is 5.75 Å². The molecule has 1 aromatic rings. The van der Waals surface area contributed by atoms with E-state index < -0.39 is 0 Å². The third-order valence-corrected chi connectivity index (χ3v) is 6.47. The molecule has 0 aromatic heterocycles. The third-order valence-electron chi connectivity index (χ3n) is 6.47. The van der Waals surface area contributed by atoms with Crippen LogP contribution in [0.25, 0.3) is 5.57 Å². The van der Waals surface area contributed by atoms with Crippen LogP contribution in [0.3, 0.4) is 0 Å². The standard InChI is InChI=1S/C19H24O2/c1-2-19-10-9-15-14-6-4-13(20)11-12(14)3-5-16(15)17(19)7-8-18(19)21/h4,6,11,17-18,20-21H,2-3,5,7-10H2,1H3/t17-,18-,19-/m0/s1. The summed E-state index contributed by atoms with van der Waals surface area (Å²) >= 11 is 0. The zero-order valence-electron chi connectivity index (χ0n) is 12.7. The first-order valence-electron chi connectivity index (χ1n) is 8.38. The summed E-state index contributed by atoms with van der Waals surface area (Å²) in [6, 6.07) is 5.85. The molecule has 0 unspecified atom stereocenters. The number of aliphatic hydroxyl groups excluding tert-OH is 1. The number of phenols is 1. The summed E-state index contributed by atoms with van der Waals surface area (Å²) in [5.74, 6) is 0.969. The molecule has 0 aliphatic heterocycles. The molecule has 0 spiro atoms. The van der Waals surface area contributed by atoms with Crippen LogP contribution < -0.4 is 0 Å². The van der Waals surface area contributed by atoms with Crippen molar-refractivity contribution in [2.45, 2.75) is 58.0 Å². The predicted octanol–water partition coefficient (Wildman–Crippen LogP) is 4.05. The van der Waals surface area contributed by atoms with Gasteiger partial charge in [-0.05, 0) is 79.7 Å². The molecular weight excluding hydrogens is 260 g/mol. The molecule has 21 heavy (non-hydrogen) atoms. The van der Waals surface area contributed by atoms with Crippen LogP contribution in [0.2, 0.25) is 0 Å². The van der Waals surface area contributed by atoms with Gasteiger partial charge in [0.05, 0.1) is 6.10 Å². The Morgan fingerprint density at radius 2 is 2.05 bits per heavy atom. The molecular formula is C19H24O2. The number of hydrogen-bond donors (Lipinski definition) is 2. The second-order valence-corrected chi connectivity index (χ2v) is 7.08. The van der Waals surface area contributed by atoms with Crippen molar-refractivity contribution in [2.75, 3.05) is 0 Å². The van der Waals surface area contributed by atoms with Crippen LogP contribution in [-0.4, -0.2) is 16.3 Å². The Balaban J connectivity index is 1.82. The molecule has 1 aromatic carbocycles. The monoisotopic (exact) mass is 284 g/mol. The number of benzene rings is 1. The van der Waals surface area contributed by atoms with Gasteiger partial charge < -0.3 is 10.2 Å². The summed E-state index contributed by atoms with van der Waals surface area (Å²) in [5, 5.41) is 20.2. The lowest BCUT2D eigenvalue weighted by Crippen LogP contribution is -2.39. The number of phenolic OH excluding ortho intramolecular Hbond substituents is 1. The highest BCUT2D eigenvalue weighted by atomic mass is 16.3. The van der Waals surface area contributed by atoms with Crippen molar-refractivity contribution < 1.29 is 10.2 Å². The first-order chi connectivity index (χ1) is 10.2. The van der Waals surface area contributed by atoms with E-state index in [0.717, 1.165) is 44.9 Å². The maximum atomic E-state index is 10.5. The lowest BCUT2D eigenvalue weighted by molar-refractivity contribution is 0.0193. The molecule has 0 saturated heterocycles. The molecule has 3 atom stereocenters. The van der Waals surface area contributed by atoms with Crippen molar-refractivity contribution in [3.05, 3.63) is 34.9 Å². The van der Waals surface area contributed by atoms with Gasteiger partial charge in [0.2, 0.25) is 0 Å². The van der Waals surface area contributed by atoms with Gasteiger partial charge in [0, 0.05) is 5.41 Å². The predicted molar refractivity (Wildman–Crippen MR) is 84.0 cm³/mol. The summed E-state index contributed by atoms with van der Waals surface area (Å²) in [4.78, 5) is 0. The van der Waals surface area contributed by atoms with E-state index >= 15 is 0 Å². The Hall–Kier alpha value is -1.28. The van der Waals surface area contributed by atoms with Crippen LogP contribution in [0, 0.1) is 11.3 Å². The molecule has 1 saturated carbocycles. The Bertz CT molecular complexity index is 616.